The summed E-state index contributed by atoms with van der Waals surface area (Å²) in [5.41, 5.74) is 4.68. The number of ketones is 1. The highest BCUT2D eigenvalue weighted by atomic mass is 16.3. The second kappa shape index (κ2) is 2.49. The van der Waals surface area contributed by atoms with Crippen molar-refractivity contribution in [2.24, 2.45) is 5.73 Å². The molecule has 0 amide bonds. The van der Waals surface area contributed by atoms with Crippen LogP contribution in [0.25, 0.3) is 0 Å². The molecule has 3 nitrogen and oxygen atoms in total. The lowest BCUT2D eigenvalue weighted by molar-refractivity contribution is -0.121. The topological polar surface area (TPSA) is 63.3 Å². The van der Waals surface area contributed by atoms with Gasteiger partial charge in [0.2, 0.25) is 0 Å². The van der Waals surface area contributed by atoms with Gasteiger partial charge < -0.3 is 5.11 Å². The maximum absolute atomic E-state index is 10.0. The summed E-state index contributed by atoms with van der Waals surface area (Å²) in [6, 6.07) is 0. The summed E-state index contributed by atoms with van der Waals surface area (Å²) in [5, 5.41) is 8.18. The van der Waals surface area contributed by atoms with Crippen LogP contribution in [0, 0.1) is 0 Å². The number of rotatable bonds is 2. The predicted molar refractivity (Wildman–Crippen MR) is 25.4 cm³/mol. The van der Waals surface area contributed by atoms with Gasteiger partial charge in [0.25, 0.3) is 0 Å². The third-order valence-corrected chi connectivity index (χ3v) is 0.493. The molecular formula is C4H7NO2. The lowest BCUT2D eigenvalue weighted by Gasteiger charge is -1.92. The van der Waals surface area contributed by atoms with E-state index in [1.165, 1.54) is 0 Å². The van der Waals surface area contributed by atoms with Gasteiger partial charge in [-0.05, 0) is 6.08 Å². The lowest BCUT2D eigenvalue weighted by Crippen LogP contribution is -2.27. The number of hydrogen-bond donors (Lipinski definition) is 2. The van der Waals surface area contributed by atoms with Crippen molar-refractivity contribution in [1.82, 2.24) is 0 Å². The molecule has 0 saturated carbocycles. The Morgan fingerprint density at radius 1 is 2.00 bits per heavy atom. The van der Waals surface area contributed by atoms with Crippen LogP contribution in [0.2, 0.25) is 0 Å². The molecule has 0 radical (unpaired) electrons. The second-order valence-corrected chi connectivity index (χ2v) is 1.05. The van der Waals surface area contributed by atoms with E-state index in [1.807, 2.05) is 0 Å². The van der Waals surface area contributed by atoms with Crippen molar-refractivity contribution in [1.29, 1.82) is 0 Å². The molecule has 0 aliphatic rings. The standard InChI is InChI=1S/C4H7NO2/c1-2-3(6)4(5)7/h2,4,7H,1,5H2. The molecule has 0 fully saturated rings. The maximum Gasteiger partial charge on any atom is 0.198 e. The SMILES string of the molecule is C=CC(=O)C(N)O. The average molecular weight is 101 g/mol. The molecule has 0 aromatic heterocycles. The second-order valence-electron chi connectivity index (χ2n) is 1.05. The molecule has 0 spiro atoms. The van der Waals surface area contributed by atoms with E-state index in [1.54, 1.807) is 0 Å². The zero-order valence-corrected chi connectivity index (χ0v) is 3.79. The minimum Gasteiger partial charge on any atom is -0.371 e. The first-order valence-electron chi connectivity index (χ1n) is 1.78. The molecule has 0 aliphatic heterocycles. The third kappa shape index (κ3) is 2.08. The van der Waals surface area contributed by atoms with Crippen molar-refractivity contribution >= 4 is 5.78 Å². The van der Waals surface area contributed by atoms with Gasteiger partial charge in [0.15, 0.2) is 12.0 Å². The first-order chi connectivity index (χ1) is 3.18. The Morgan fingerprint density at radius 2 is 2.43 bits per heavy atom. The van der Waals surface area contributed by atoms with Crippen LogP contribution in [-0.4, -0.2) is 17.1 Å². The summed E-state index contributed by atoms with van der Waals surface area (Å²) in [6.07, 6.45) is -0.414. The van der Waals surface area contributed by atoms with E-state index in [4.69, 9.17) is 5.11 Å². The summed E-state index contributed by atoms with van der Waals surface area (Å²) in [5.74, 6) is -0.556. The Hall–Kier alpha value is -0.670. The quantitative estimate of drug-likeness (QED) is 0.347. The fourth-order valence-corrected chi connectivity index (χ4v) is 0.121. The average Bonchev–Trinajstić information content (AvgIpc) is 1.65. The van der Waals surface area contributed by atoms with Gasteiger partial charge in [-0.3, -0.25) is 10.5 Å². The van der Waals surface area contributed by atoms with Gasteiger partial charge in [-0.1, -0.05) is 6.58 Å². The summed E-state index contributed by atoms with van der Waals surface area (Å²) in [4.78, 5) is 10.0. The highest BCUT2D eigenvalue weighted by Gasteiger charge is 2.00. The van der Waals surface area contributed by atoms with Crippen molar-refractivity contribution < 1.29 is 9.90 Å². The maximum atomic E-state index is 10.0. The van der Waals surface area contributed by atoms with Crippen molar-refractivity contribution in [2.45, 2.75) is 6.23 Å². The first kappa shape index (κ1) is 6.33. The molecule has 0 aliphatic carbocycles. The van der Waals surface area contributed by atoms with Crippen LogP contribution in [0.3, 0.4) is 0 Å². The Balaban J connectivity index is 3.56. The Labute approximate surface area is 41.4 Å². The monoisotopic (exact) mass is 101 g/mol. The van der Waals surface area contributed by atoms with Crippen LogP contribution >= 0.6 is 0 Å². The molecule has 0 aromatic rings. The molecule has 0 saturated heterocycles. The summed E-state index contributed by atoms with van der Waals surface area (Å²) < 4.78 is 0. The van der Waals surface area contributed by atoms with Crippen LogP contribution < -0.4 is 5.73 Å². The number of carbonyl (C=O) groups excluding carboxylic acids is 1. The van der Waals surface area contributed by atoms with Crippen molar-refractivity contribution in [3.8, 4) is 0 Å². The highest BCUT2D eigenvalue weighted by molar-refractivity contribution is 5.92. The van der Waals surface area contributed by atoms with Gasteiger partial charge in [-0.2, -0.15) is 0 Å². The van der Waals surface area contributed by atoms with Gasteiger partial charge in [0, 0.05) is 0 Å². The Kier molecular flexibility index (Phi) is 2.26. The number of nitrogens with two attached hydrogens (primary N) is 1. The number of aliphatic hydroxyl groups excluding tert-OH is 1. The van der Waals surface area contributed by atoms with E-state index in [0.717, 1.165) is 6.08 Å². The molecule has 0 bridgehead atoms. The van der Waals surface area contributed by atoms with Crippen LogP contribution in [0.1, 0.15) is 0 Å². The molecule has 1 unspecified atom stereocenters. The smallest absolute Gasteiger partial charge is 0.198 e. The van der Waals surface area contributed by atoms with Gasteiger partial charge in [0.05, 0.1) is 0 Å². The van der Waals surface area contributed by atoms with E-state index in [9.17, 15) is 4.79 Å². The lowest BCUT2D eigenvalue weighted by atomic mass is 10.4. The number of carbonyl (C=O) groups is 1. The van der Waals surface area contributed by atoms with Gasteiger partial charge >= 0.3 is 0 Å². The van der Waals surface area contributed by atoms with Gasteiger partial charge in [-0.25, -0.2) is 0 Å². The minimum atomic E-state index is -1.39. The van der Waals surface area contributed by atoms with Crippen LogP contribution in [0.15, 0.2) is 12.7 Å². The first-order valence-corrected chi connectivity index (χ1v) is 1.78. The van der Waals surface area contributed by atoms with Crippen molar-refractivity contribution in [3.63, 3.8) is 0 Å². The fraction of sp³-hybridized carbons (Fsp3) is 0.250. The molecule has 0 heterocycles. The summed E-state index contributed by atoms with van der Waals surface area (Å²) in [6.45, 7) is 3.09. The van der Waals surface area contributed by atoms with E-state index >= 15 is 0 Å². The zero-order chi connectivity index (χ0) is 5.86. The Morgan fingerprint density at radius 3 is 2.43 bits per heavy atom. The molecule has 3 N–H and O–H groups in total. The van der Waals surface area contributed by atoms with Crippen LogP contribution in [0.4, 0.5) is 0 Å². The number of hydrogen-bond acceptors (Lipinski definition) is 3. The van der Waals surface area contributed by atoms with Gasteiger partial charge in [-0.15, -0.1) is 0 Å². The normalized spacial score (nSPS) is 12.9. The molecule has 7 heavy (non-hydrogen) atoms. The van der Waals surface area contributed by atoms with Gasteiger partial charge in [0.1, 0.15) is 0 Å². The summed E-state index contributed by atoms with van der Waals surface area (Å²) in [7, 11) is 0. The molecule has 3 heteroatoms. The van der Waals surface area contributed by atoms with E-state index in [-0.39, 0.29) is 0 Å². The zero-order valence-electron chi connectivity index (χ0n) is 3.79. The molecule has 0 rings (SSSR count). The molecule has 0 aromatic carbocycles. The third-order valence-electron chi connectivity index (χ3n) is 0.493. The number of aliphatic hydroxyl groups is 1. The highest BCUT2D eigenvalue weighted by Crippen LogP contribution is 1.73. The Bertz CT molecular complexity index is 87.7. The molecule has 1 atom stereocenters. The molecular weight excluding hydrogens is 94.0 g/mol. The summed E-state index contributed by atoms with van der Waals surface area (Å²) >= 11 is 0. The van der Waals surface area contributed by atoms with Crippen LogP contribution in [0.5, 0.6) is 0 Å². The van der Waals surface area contributed by atoms with Crippen molar-refractivity contribution in [2.75, 3.05) is 0 Å². The molecule has 40 valence electrons. The van der Waals surface area contributed by atoms with Crippen molar-refractivity contribution in [3.05, 3.63) is 12.7 Å². The van der Waals surface area contributed by atoms with E-state index < -0.39 is 12.0 Å². The predicted octanol–water partition coefficient (Wildman–Crippen LogP) is -0.981. The van der Waals surface area contributed by atoms with E-state index in [0.29, 0.717) is 0 Å². The largest absolute Gasteiger partial charge is 0.371 e. The fourth-order valence-electron chi connectivity index (χ4n) is 0.121. The van der Waals surface area contributed by atoms with E-state index in [2.05, 4.69) is 12.3 Å². The van der Waals surface area contributed by atoms with Crippen LogP contribution in [-0.2, 0) is 4.79 Å². The minimum absolute atomic E-state index is 0.556.